The number of nitriles is 1. The van der Waals surface area contributed by atoms with Gasteiger partial charge in [-0.15, -0.1) is 0 Å². The molecule has 0 unspecified atom stereocenters. The van der Waals surface area contributed by atoms with Crippen LogP contribution < -0.4 is 10.5 Å². The fourth-order valence-electron chi connectivity index (χ4n) is 1.49. The van der Waals surface area contributed by atoms with Crippen molar-refractivity contribution in [2.24, 2.45) is 0 Å². The summed E-state index contributed by atoms with van der Waals surface area (Å²) in [5.41, 5.74) is 7.34. The first-order valence-corrected chi connectivity index (χ1v) is 4.97. The van der Waals surface area contributed by atoms with Crippen molar-refractivity contribution in [1.29, 1.82) is 5.26 Å². The van der Waals surface area contributed by atoms with Crippen molar-refractivity contribution in [2.45, 2.75) is 6.92 Å². The number of hydrogen-bond donors (Lipinski definition) is 1. The second-order valence-corrected chi connectivity index (χ2v) is 3.53. The number of rotatable bonds is 2. The van der Waals surface area contributed by atoms with Crippen molar-refractivity contribution in [2.75, 3.05) is 12.8 Å². The minimum atomic E-state index is 0.0297. The Kier molecular flexibility index (Phi) is 2.71. The Morgan fingerprint density at radius 2 is 2.24 bits per heavy atom. The molecule has 0 saturated heterocycles. The fraction of sp³-hybridized carbons (Fsp3) is 0.167. The molecule has 86 valence electrons. The molecule has 0 spiro atoms. The summed E-state index contributed by atoms with van der Waals surface area (Å²) in [7, 11) is 1.59. The molecular weight excluding hydrogens is 218 g/mol. The molecule has 2 rings (SSSR count). The van der Waals surface area contributed by atoms with Gasteiger partial charge in [-0.25, -0.2) is 0 Å². The van der Waals surface area contributed by atoms with Gasteiger partial charge >= 0.3 is 0 Å². The third kappa shape index (κ3) is 1.93. The van der Waals surface area contributed by atoms with Gasteiger partial charge in [-0.05, 0) is 24.6 Å². The van der Waals surface area contributed by atoms with E-state index in [4.69, 9.17) is 20.1 Å². The van der Waals surface area contributed by atoms with Gasteiger partial charge in [0.1, 0.15) is 11.8 Å². The second kappa shape index (κ2) is 4.18. The molecule has 0 radical (unpaired) electrons. The fourth-order valence-corrected chi connectivity index (χ4v) is 1.49. The molecule has 17 heavy (non-hydrogen) atoms. The van der Waals surface area contributed by atoms with Gasteiger partial charge in [0.05, 0.1) is 7.11 Å². The molecule has 0 atom stereocenters. The Bertz CT molecular complexity index is 596. The van der Waals surface area contributed by atoms with E-state index in [1.54, 1.807) is 13.2 Å². The van der Waals surface area contributed by atoms with Crippen molar-refractivity contribution in [3.05, 3.63) is 29.5 Å². The first-order valence-electron chi connectivity index (χ1n) is 4.97. The summed E-state index contributed by atoms with van der Waals surface area (Å²) < 4.78 is 10.4. The minimum absolute atomic E-state index is 0.0297. The Hall–Kier alpha value is -2.48. The van der Waals surface area contributed by atoms with Crippen LogP contribution in [0.5, 0.6) is 5.75 Å². The Labute approximate surface area is 98.4 Å². The summed E-state index contributed by atoms with van der Waals surface area (Å²) in [6.07, 6.45) is 0. The quantitative estimate of drug-likeness (QED) is 0.852. The van der Waals surface area contributed by atoms with Crippen molar-refractivity contribution < 1.29 is 9.15 Å². The maximum Gasteiger partial charge on any atom is 0.230 e. The van der Waals surface area contributed by atoms with Gasteiger partial charge in [0.2, 0.25) is 17.5 Å². The monoisotopic (exact) mass is 229 g/mol. The molecule has 0 aliphatic carbocycles. The first kappa shape index (κ1) is 11.0. The van der Waals surface area contributed by atoms with Crippen molar-refractivity contribution in [1.82, 2.24) is 4.98 Å². The van der Waals surface area contributed by atoms with Crippen molar-refractivity contribution in [3.8, 4) is 23.3 Å². The zero-order valence-corrected chi connectivity index (χ0v) is 9.52. The van der Waals surface area contributed by atoms with Crippen LogP contribution in [-0.2, 0) is 0 Å². The van der Waals surface area contributed by atoms with Crippen LogP contribution in [0.15, 0.2) is 22.6 Å². The maximum absolute atomic E-state index is 8.75. The van der Waals surface area contributed by atoms with Crippen LogP contribution in [-0.4, -0.2) is 12.1 Å². The number of aryl methyl sites for hydroxylation is 1. The lowest BCUT2D eigenvalue weighted by atomic mass is 10.1. The molecule has 5 heteroatoms. The largest absolute Gasteiger partial charge is 0.496 e. The maximum atomic E-state index is 8.75. The number of ether oxygens (including phenoxy) is 1. The number of nitrogen functional groups attached to an aromatic ring is 1. The lowest BCUT2D eigenvalue weighted by molar-refractivity contribution is 0.411. The topological polar surface area (TPSA) is 85.1 Å². The van der Waals surface area contributed by atoms with E-state index in [-0.39, 0.29) is 11.6 Å². The Morgan fingerprint density at radius 3 is 2.82 bits per heavy atom. The highest BCUT2D eigenvalue weighted by atomic mass is 16.5. The van der Waals surface area contributed by atoms with Gasteiger partial charge in [-0.2, -0.15) is 10.2 Å². The zero-order chi connectivity index (χ0) is 12.4. The van der Waals surface area contributed by atoms with Crippen LogP contribution in [0.4, 0.5) is 5.88 Å². The van der Waals surface area contributed by atoms with Gasteiger partial charge in [0.15, 0.2) is 0 Å². The molecule has 1 aromatic carbocycles. The van der Waals surface area contributed by atoms with Gasteiger partial charge in [0.25, 0.3) is 0 Å². The zero-order valence-electron chi connectivity index (χ0n) is 9.52. The molecule has 0 bridgehead atoms. The third-order valence-corrected chi connectivity index (χ3v) is 2.41. The molecule has 0 aliphatic heterocycles. The average molecular weight is 229 g/mol. The number of aromatic nitrogens is 1. The third-order valence-electron chi connectivity index (χ3n) is 2.41. The summed E-state index contributed by atoms with van der Waals surface area (Å²) in [5, 5.41) is 8.75. The molecule has 1 heterocycles. The molecule has 1 aromatic heterocycles. The van der Waals surface area contributed by atoms with Crippen LogP contribution >= 0.6 is 0 Å². The number of nitrogens with zero attached hydrogens (tertiary/aromatic N) is 2. The van der Waals surface area contributed by atoms with Gasteiger partial charge in [-0.3, -0.25) is 0 Å². The Balaban J connectivity index is 2.50. The van der Waals surface area contributed by atoms with E-state index < -0.39 is 0 Å². The van der Waals surface area contributed by atoms with E-state index in [9.17, 15) is 0 Å². The lowest BCUT2D eigenvalue weighted by Gasteiger charge is -2.05. The minimum Gasteiger partial charge on any atom is -0.496 e. The summed E-state index contributed by atoms with van der Waals surface area (Å²) in [4.78, 5) is 4.00. The van der Waals surface area contributed by atoms with E-state index in [0.29, 0.717) is 5.89 Å². The lowest BCUT2D eigenvalue weighted by Crippen LogP contribution is -1.88. The summed E-state index contributed by atoms with van der Waals surface area (Å²) in [6, 6.07) is 7.38. The van der Waals surface area contributed by atoms with Crippen LogP contribution in [0.1, 0.15) is 11.3 Å². The van der Waals surface area contributed by atoms with Crippen molar-refractivity contribution in [3.63, 3.8) is 0 Å². The number of hydrogen-bond acceptors (Lipinski definition) is 5. The summed E-state index contributed by atoms with van der Waals surface area (Å²) in [6.45, 7) is 1.94. The predicted molar refractivity (Wildman–Crippen MR) is 62.4 cm³/mol. The van der Waals surface area contributed by atoms with Crippen LogP contribution in [0, 0.1) is 18.3 Å². The van der Waals surface area contributed by atoms with E-state index in [1.165, 1.54) is 0 Å². The molecular formula is C12H11N3O2. The van der Waals surface area contributed by atoms with Crippen LogP contribution in [0.2, 0.25) is 0 Å². The van der Waals surface area contributed by atoms with E-state index >= 15 is 0 Å². The number of anilines is 1. The molecule has 5 nitrogen and oxygen atoms in total. The second-order valence-electron chi connectivity index (χ2n) is 3.53. The molecule has 2 N–H and O–H groups in total. The highest BCUT2D eigenvalue weighted by molar-refractivity contribution is 5.60. The highest BCUT2D eigenvalue weighted by Gasteiger charge is 2.12. The Morgan fingerprint density at radius 1 is 1.47 bits per heavy atom. The van der Waals surface area contributed by atoms with Crippen molar-refractivity contribution >= 4 is 5.88 Å². The van der Waals surface area contributed by atoms with Crippen LogP contribution in [0.25, 0.3) is 11.5 Å². The molecule has 0 saturated carbocycles. The summed E-state index contributed by atoms with van der Waals surface area (Å²) >= 11 is 0. The molecule has 2 aromatic rings. The van der Waals surface area contributed by atoms with E-state index in [0.717, 1.165) is 16.9 Å². The smallest absolute Gasteiger partial charge is 0.230 e. The summed E-state index contributed by atoms with van der Waals surface area (Å²) in [5.74, 6) is 1.08. The number of nitrogens with two attached hydrogens (primary N) is 1. The molecule has 0 aliphatic rings. The standard InChI is InChI=1S/C12H11N3O2/c1-7-3-4-8(5-10(7)16-2)12-15-9(6-13)11(14)17-12/h3-5H,14H2,1-2H3. The predicted octanol–water partition coefficient (Wildman–Crippen LogP) is 2.11. The molecule has 0 amide bonds. The number of benzene rings is 1. The first-order chi connectivity index (χ1) is 8.15. The van der Waals surface area contributed by atoms with Gasteiger partial charge in [-0.1, -0.05) is 6.07 Å². The molecule has 0 fully saturated rings. The van der Waals surface area contributed by atoms with Gasteiger partial charge < -0.3 is 14.9 Å². The van der Waals surface area contributed by atoms with Crippen LogP contribution in [0.3, 0.4) is 0 Å². The number of oxazole rings is 1. The highest BCUT2D eigenvalue weighted by Crippen LogP contribution is 2.28. The van der Waals surface area contributed by atoms with E-state index in [2.05, 4.69) is 4.98 Å². The van der Waals surface area contributed by atoms with Gasteiger partial charge in [0, 0.05) is 5.56 Å². The normalized spacial score (nSPS) is 9.94. The number of methoxy groups -OCH3 is 1. The average Bonchev–Trinajstić information content (AvgIpc) is 2.71. The van der Waals surface area contributed by atoms with E-state index in [1.807, 2.05) is 25.1 Å². The SMILES string of the molecule is COc1cc(-c2nc(C#N)c(N)o2)ccc1C.